The summed E-state index contributed by atoms with van der Waals surface area (Å²) in [5, 5.41) is 0.0308. The van der Waals surface area contributed by atoms with Gasteiger partial charge >= 0.3 is 5.97 Å². The van der Waals surface area contributed by atoms with E-state index < -0.39 is 25.1 Å². The summed E-state index contributed by atoms with van der Waals surface area (Å²) in [6, 6.07) is -0.225. The number of nitrogens with zero attached hydrogens (tertiary/aromatic N) is 1. The third-order valence-corrected chi connectivity index (χ3v) is 12.0. The molecule has 2 heterocycles. The van der Waals surface area contributed by atoms with Gasteiger partial charge in [0.15, 0.2) is 8.32 Å². The molecule has 0 aliphatic carbocycles. The van der Waals surface area contributed by atoms with Crippen molar-refractivity contribution in [2.75, 3.05) is 12.9 Å². The van der Waals surface area contributed by atoms with Gasteiger partial charge in [0.05, 0.1) is 23.0 Å². The smallest absolute Gasteiger partial charge is 0.356 e. The largest absolute Gasteiger partial charge is 0.457 e. The molecule has 0 radical (unpaired) electrons. The van der Waals surface area contributed by atoms with Gasteiger partial charge in [0.25, 0.3) is 0 Å². The molecule has 5 atom stereocenters. The zero-order valence-electron chi connectivity index (χ0n) is 18.2. The minimum Gasteiger partial charge on any atom is -0.457 e. The van der Waals surface area contributed by atoms with Crippen molar-refractivity contribution in [2.45, 2.75) is 64.9 Å². The van der Waals surface area contributed by atoms with Gasteiger partial charge in [-0.15, -0.1) is 0 Å². The van der Waals surface area contributed by atoms with Gasteiger partial charge in [-0.25, -0.2) is 4.79 Å². The van der Waals surface area contributed by atoms with Gasteiger partial charge in [0.2, 0.25) is 5.91 Å². The fourth-order valence-corrected chi connectivity index (χ4v) is 6.36. The highest BCUT2D eigenvalue weighted by Gasteiger charge is 2.61. The SMILES string of the molecule is C=CCOC(=O)C1=C([S@](C)=O)[C@H](C)[C@@H]2[C@@H]([C@@H](C)O[Si](C)(C)C(C)(C)C)C(=O)N12. The van der Waals surface area contributed by atoms with E-state index in [2.05, 4.69) is 40.4 Å². The summed E-state index contributed by atoms with van der Waals surface area (Å²) < 4.78 is 24.0. The first-order valence-corrected chi connectivity index (χ1v) is 14.1. The van der Waals surface area contributed by atoms with Crippen molar-refractivity contribution < 1.29 is 23.0 Å². The molecule has 1 saturated heterocycles. The van der Waals surface area contributed by atoms with Crippen molar-refractivity contribution in [3.8, 4) is 0 Å². The fraction of sp³-hybridized carbons (Fsp3) is 0.700. The molecule has 2 rings (SSSR count). The van der Waals surface area contributed by atoms with Crippen molar-refractivity contribution >= 4 is 31.0 Å². The lowest BCUT2D eigenvalue weighted by molar-refractivity contribution is -0.163. The van der Waals surface area contributed by atoms with Crippen LogP contribution in [0.15, 0.2) is 23.3 Å². The van der Waals surface area contributed by atoms with E-state index >= 15 is 0 Å². The van der Waals surface area contributed by atoms with Crippen LogP contribution < -0.4 is 0 Å². The van der Waals surface area contributed by atoms with Crippen molar-refractivity contribution in [1.82, 2.24) is 4.90 Å². The third kappa shape index (κ3) is 3.78. The summed E-state index contributed by atoms with van der Waals surface area (Å²) in [4.78, 5) is 27.5. The van der Waals surface area contributed by atoms with Gasteiger partial charge in [-0.3, -0.25) is 9.00 Å². The van der Waals surface area contributed by atoms with Crippen LogP contribution in [0.1, 0.15) is 34.6 Å². The highest BCUT2D eigenvalue weighted by atomic mass is 32.2. The van der Waals surface area contributed by atoms with Crippen molar-refractivity contribution in [3.63, 3.8) is 0 Å². The number of rotatable bonds is 7. The normalized spacial score (nSPS) is 27.2. The Morgan fingerprint density at radius 2 is 1.96 bits per heavy atom. The minimum absolute atomic E-state index is 0.0308. The molecule has 6 nitrogen and oxygen atoms in total. The number of hydrogen-bond acceptors (Lipinski definition) is 5. The average Bonchev–Trinajstić information content (AvgIpc) is 2.80. The van der Waals surface area contributed by atoms with Crippen LogP contribution in [0.25, 0.3) is 0 Å². The molecule has 1 fully saturated rings. The van der Waals surface area contributed by atoms with Crippen molar-refractivity contribution in [3.05, 3.63) is 23.3 Å². The molecule has 0 aromatic heterocycles. The average molecular weight is 428 g/mol. The Labute approximate surface area is 171 Å². The molecule has 0 aromatic carbocycles. The predicted molar refractivity (Wildman–Crippen MR) is 113 cm³/mol. The quantitative estimate of drug-likeness (QED) is 0.270. The first kappa shape index (κ1) is 23.0. The summed E-state index contributed by atoms with van der Waals surface area (Å²) in [5.74, 6) is -1.32. The van der Waals surface area contributed by atoms with E-state index in [1.165, 1.54) is 17.2 Å². The maximum atomic E-state index is 13.0. The highest BCUT2D eigenvalue weighted by Crippen LogP contribution is 2.49. The number of carbonyl (C=O) groups excluding carboxylic acids is 2. The van der Waals surface area contributed by atoms with E-state index in [-0.39, 0.29) is 47.2 Å². The van der Waals surface area contributed by atoms with Gasteiger partial charge in [-0.05, 0) is 25.1 Å². The number of ether oxygens (including phenoxy) is 1. The molecule has 28 heavy (non-hydrogen) atoms. The Morgan fingerprint density at radius 1 is 1.39 bits per heavy atom. The van der Waals surface area contributed by atoms with Crippen LogP contribution in [0.5, 0.6) is 0 Å². The van der Waals surface area contributed by atoms with Gasteiger partial charge in [-0.2, -0.15) is 0 Å². The molecular weight excluding hydrogens is 394 g/mol. The molecule has 2 aliphatic heterocycles. The molecule has 0 N–H and O–H groups in total. The first-order valence-electron chi connectivity index (χ1n) is 9.62. The molecular formula is C20H33NO5SSi. The monoisotopic (exact) mass is 427 g/mol. The number of esters is 1. The summed E-state index contributed by atoms with van der Waals surface area (Å²) in [6.45, 7) is 18.2. The summed E-state index contributed by atoms with van der Waals surface area (Å²) in [6.07, 6.45) is 2.73. The molecule has 0 saturated carbocycles. The third-order valence-electron chi connectivity index (χ3n) is 6.22. The standard InChI is InChI=1S/C20H33NO5SSi/c1-10-11-25-19(23)16-17(27(7)24)12(2)15-14(18(22)21(15)16)13(3)26-28(8,9)20(4,5)6/h10,12-15H,1,11H2,2-9H3/t12-,13-,14-,15-,27+/m1/s1. The van der Waals surface area contributed by atoms with Crippen LogP contribution in [-0.4, -0.2) is 54.3 Å². The van der Waals surface area contributed by atoms with Gasteiger partial charge in [0.1, 0.15) is 12.3 Å². The Balaban J connectivity index is 2.30. The zero-order valence-corrected chi connectivity index (χ0v) is 20.0. The number of carbonyl (C=O) groups is 2. The zero-order chi connectivity index (χ0) is 21.6. The lowest BCUT2D eigenvalue weighted by Gasteiger charge is -2.50. The topological polar surface area (TPSA) is 72.9 Å². The lowest BCUT2D eigenvalue weighted by atomic mass is 9.79. The van der Waals surface area contributed by atoms with Crippen LogP contribution in [0.4, 0.5) is 0 Å². The maximum absolute atomic E-state index is 13.0. The summed E-state index contributed by atoms with van der Waals surface area (Å²) in [5.41, 5.74) is 0.140. The molecule has 8 heteroatoms. The van der Waals surface area contributed by atoms with Crippen molar-refractivity contribution in [2.24, 2.45) is 11.8 Å². The predicted octanol–water partition coefficient (Wildman–Crippen LogP) is 3.19. The Hall–Kier alpha value is -1.25. The van der Waals surface area contributed by atoms with E-state index in [4.69, 9.17) is 9.16 Å². The minimum atomic E-state index is -2.05. The van der Waals surface area contributed by atoms with Crippen LogP contribution in [-0.2, 0) is 29.6 Å². The molecule has 0 unspecified atom stereocenters. The van der Waals surface area contributed by atoms with E-state index in [0.29, 0.717) is 4.91 Å². The summed E-state index contributed by atoms with van der Waals surface area (Å²) >= 11 is 0. The van der Waals surface area contributed by atoms with E-state index in [1.54, 1.807) is 0 Å². The lowest BCUT2D eigenvalue weighted by Crippen LogP contribution is -2.65. The van der Waals surface area contributed by atoms with Gasteiger partial charge in [-0.1, -0.05) is 40.3 Å². The van der Waals surface area contributed by atoms with Crippen LogP contribution in [0, 0.1) is 11.8 Å². The fourth-order valence-electron chi connectivity index (χ4n) is 3.81. The number of β-lactam (4-membered cyclic amide) rings is 1. The second kappa shape index (κ2) is 7.87. The molecule has 0 aromatic rings. The second-order valence-corrected chi connectivity index (χ2v) is 15.3. The maximum Gasteiger partial charge on any atom is 0.356 e. The van der Waals surface area contributed by atoms with Crippen LogP contribution in [0.2, 0.25) is 18.1 Å². The Kier molecular flexibility index (Phi) is 6.48. The Bertz CT molecular complexity index is 739. The first-order chi connectivity index (χ1) is 12.8. The van der Waals surface area contributed by atoms with Crippen LogP contribution >= 0.6 is 0 Å². The highest BCUT2D eigenvalue weighted by molar-refractivity contribution is 7.88. The summed E-state index contributed by atoms with van der Waals surface area (Å²) in [7, 11) is -3.43. The number of fused-ring (bicyclic) bond motifs is 1. The van der Waals surface area contributed by atoms with E-state index in [0.717, 1.165) is 0 Å². The molecule has 0 bridgehead atoms. The Morgan fingerprint density at radius 3 is 2.43 bits per heavy atom. The molecule has 0 spiro atoms. The molecule has 2 aliphatic rings. The second-order valence-electron chi connectivity index (χ2n) is 9.15. The van der Waals surface area contributed by atoms with Crippen molar-refractivity contribution in [1.29, 1.82) is 0 Å². The van der Waals surface area contributed by atoms with Crippen LogP contribution in [0.3, 0.4) is 0 Å². The molecule has 158 valence electrons. The van der Waals surface area contributed by atoms with E-state index in [1.807, 2.05) is 13.8 Å². The number of hydrogen-bond donors (Lipinski definition) is 0. The van der Waals surface area contributed by atoms with Gasteiger partial charge in [0, 0.05) is 23.0 Å². The number of amides is 1. The molecule has 1 amide bonds. The van der Waals surface area contributed by atoms with E-state index in [9.17, 15) is 13.8 Å². The van der Waals surface area contributed by atoms with Gasteiger partial charge < -0.3 is 14.1 Å².